The Morgan fingerprint density at radius 3 is 2.60 bits per heavy atom. The molecule has 2 aromatic carbocycles. The molecule has 1 aliphatic heterocycles. The van der Waals surface area contributed by atoms with Crippen LogP contribution in [0.2, 0.25) is 0 Å². The zero-order valence-electron chi connectivity index (χ0n) is 24.3. The largest absolute Gasteiger partial charge is 0.493 e. The van der Waals surface area contributed by atoms with Gasteiger partial charge in [-0.2, -0.15) is 0 Å². The molecule has 43 heavy (non-hydrogen) atoms. The summed E-state index contributed by atoms with van der Waals surface area (Å²) in [4.78, 5) is 42.0. The maximum absolute atomic E-state index is 14.1. The molecule has 0 saturated heterocycles. The first kappa shape index (κ1) is 30.3. The molecular weight excluding hydrogens is 556 g/mol. The van der Waals surface area contributed by atoms with Gasteiger partial charge in [0.25, 0.3) is 5.91 Å². The first-order valence-electron chi connectivity index (χ1n) is 14.3. The number of amides is 2. The van der Waals surface area contributed by atoms with Crippen LogP contribution in [0.25, 0.3) is 11.0 Å². The Labute approximate surface area is 248 Å². The lowest BCUT2D eigenvalue weighted by molar-refractivity contribution is -0.118. The summed E-state index contributed by atoms with van der Waals surface area (Å²) < 4.78 is 17.2. The van der Waals surface area contributed by atoms with Gasteiger partial charge in [-0.3, -0.25) is 9.59 Å². The number of fused-ring (bicyclic) bond motifs is 4. The van der Waals surface area contributed by atoms with Gasteiger partial charge < -0.3 is 39.4 Å². The molecule has 2 aliphatic rings. The molecule has 0 saturated carbocycles. The van der Waals surface area contributed by atoms with Crippen LogP contribution in [0.1, 0.15) is 47.7 Å². The van der Waals surface area contributed by atoms with Gasteiger partial charge in [0.15, 0.2) is 11.5 Å². The van der Waals surface area contributed by atoms with Crippen molar-refractivity contribution in [1.29, 1.82) is 0 Å². The lowest BCUT2D eigenvalue weighted by atomic mass is 9.77. The summed E-state index contributed by atoms with van der Waals surface area (Å²) in [5.41, 5.74) is 0.639. The predicted octanol–water partition coefficient (Wildman–Crippen LogP) is 2.10. The lowest BCUT2D eigenvalue weighted by Gasteiger charge is -2.40. The summed E-state index contributed by atoms with van der Waals surface area (Å²) in [6, 6.07) is 10.6. The first-order valence-corrected chi connectivity index (χ1v) is 14.3. The molecule has 4 atom stereocenters. The van der Waals surface area contributed by atoms with Crippen molar-refractivity contribution >= 4 is 22.8 Å². The number of aliphatic hydroxyl groups excluding tert-OH is 3. The monoisotopic (exact) mass is 592 g/mol. The second-order valence-electron chi connectivity index (χ2n) is 11.2. The highest BCUT2D eigenvalue weighted by Gasteiger charge is 2.51. The number of benzene rings is 2. The first-order chi connectivity index (χ1) is 20.7. The summed E-state index contributed by atoms with van der Waals surface area (Å²) in [7, 11) is 1.45. The Hall–Kier alpha value is -4.19. The van der Waals surface area contributed by atoms with Crippen LogP contribution >= 0.6 is 0 Å². The van der Waals surface area contributed by atoms with E-state index < -0.39 is 41.6 Å². The number of para-hydroxylation sites is 1. The summed E-state index contributed by atoms with van der Waals surface area (Å²) in [5, 5.41) is 34.3. The van der Waals surface area contributed by atoms with Gasteiger partial charge >= 0.3 is 5.63 Å². The minimum absolute atomic E-state index is 0.0113. The maximum Gasteiger partial charge on any atom is 0.349 e. The second kappa shape index (κ2) is 12.6. The van der Waals surface area contributed by atoms with E-state index in [0.29, 0.717) is 40.0 Å². The Morgan fingerprint density at radius 1 is 1.14 bits per heavy atom. The van der Waals surface area contributed by atoms with E-state index in [4.69, 9.17) is 13.9 Å². The molecule has 2 amide bonds. The van der Waals surface area contributed by atoms with Crippen LogP contribution in [0.5, 0.6) is 11.5 Å². The highest BCUT2D eigenvalue weighted by molar-refractivity contribution is 5.98. The van der Waals surface area contributed by atoms with E-state index in [1.54, 1.807) is 36.4 Å². The van der Waals surface area contributed by atoms with Crippen LogP contribution < -0.4 is 20.4 Å². The molecule has 1 aliphatic carbocycles. The summed E-state index contributed by atoms with van der Waals surface area (Å²) >= 11 is 0. The van der Waals surface area contributed by atoms with Crippen LogP contribution in [-0.2, 0) is 11.4 Å². The van der Waals surface area contributed by atoms with Gasteiger partial charge in [-0.1, -0.05) is 32.0 Å². The van der Waals surface area contributed by atoms with Gasteiger partial charge in [-0.05, 0) is 48.2 Å². The minimum Gasteiger partial charge on any atom is -0.493 e. The molecule has 5 rings (SSSR count). The lowest BCUT2D eigenvalue weighted by Crippen LogP contribution is -2.56. The molecule has 0 bridgehead atoms. The van der Waals surface area contributed by atoms with E-state index in [2.05, 4.69) is 5.32 Å². The number of rotatable bonds is 10. The Balaban J connectivity index is 1.63. The third kappa shape index (κ3) is 5.75. The van der Waals surface area contributed by atoms with Crippen LogP contribution in [0.4, 0.5) is 0 Å². The van der Waals surface area contributed by atoms with Crippen molar-refractivity contribution in [2.75, 3.05) is 26.8 Å². The van der Waals surface area contributed by atoms with Crippen LogP contribution in [0.15, 0.2) is 63.3 Å². The number of carbonyl (C=O) groups is 2. The van der Waals surface area contributed by atoms with Crippen molar-refractivity contribution < 1.29 is 38.8 Å². The number of nitrogens with zero attached hydrogens (tertiary/aromatic N) is 1. The fourth-order valence-electron chi connectivity index (χ4n) is 5.77. The summed E-state index contributed by atoms with van der Waals surface area (Å²) in [5.74, 6) is -1.08. The van der Waals surface area contributed by atoms with Gasteiger partial charge in [0.1, 0.15) is 23.4 Å². The highest BCUT2D eigenvalue weighted by atomic mass is 16.5. The molecule has 4 unspecified atom stereocenters. The zero-order chi connectivity index (χ0) is 30.8. The Bertz CT molecular complexity index is 1610. The Kier molecular flexibility index (Phi) is 8.86. The average molecular weight is 593 g/mol. The molecule has 0 radical (unpaired) electrons. The van der Waals surface area contributed by atoms with E-state index >= 15 is 0 Å². The molecule has 228 valence electrons. The fourth-order valence-corrected chi connectivity index (χ4v) is 5.77. The second-order valence-corrected chi connectivity index (χ2v) is 11.2. The van der Waals surface area contributed by atoms with Crippen molar-refractivity contribution in [3.8, 4) is 11.5 Å². The zero-order valence-corrected chi connectivity index (χ0v) is 24.3. The SMILES string of the molecule is COc1cc(CO)cc2c1OC1C2C(C(=O)NCCO)=CC(N(CCC(C)C)C(=O)c2cc3ccccc3oc2=O)C1O. The number of aliphatic hydroxyl groups is 3. The van der Waals surface area contributed by atoms with Gasteiger partial charge in [-0.25, -0.2) is 4.79 Å². The number of hydrogen-bond acceptors (Lipinski definition) is 9. The normalized spacial score (nSPS) is 20.7. The molecule has 1 aromatic heterocycles. The third-order valence-electron chi connectivity index (χ3n) is 7.93. The van der Waals surface area contributed by atoms with Gasteiger partial charge in [0, 0.05) is 29.6 Å². The minimum atomic E-state index is -1.31. The van der Waals surface area contributed by atoms with Crippen molar-refractivity contribution in [3.05, 3.63) is 81.2 Å². The number of hydrogen-bond donors (Lipinski definition) is 4. The van der Waals surface area contributed by atoms with E-state index in [9.17, 15) is 29.7 Å². The van der Waals surface area contributed by atoms with Crippen LogP contribution in [-0.4, -0.2) is 77.1 Å². The van der Waals surface area contributed by atoms with Gasteiger partial charge in [-0.15, -0.1) is 0 Å². The molecule has 3 aromatic rings. The maximum atomic E-state index is 14.1. The fraction of sp³-hybridized carbons (Fsp3) is 0.406. The van der Waals surface area contributed by atoms with Crippen molar-refractivity contribution in [1.82, 2.24) is 10.2 Å². The van der Waals surface area contributed by atoms with Crippen LogP contribution in [0, 0.1) is 5.92 Å². The van der Waals surface area contributed by atoms with Crippen molar-refractivity contribution in [3.63, 3.8) is 0 Å². The molecular formula is C32H36N2O9. The van der Waals surface area contributed by atoms with Gasteiger partial charge in [0.05, 0.1) is 32.3 Å². The molecule has 2 heterocycles. The summed E-state index contributed by atoms with van der Waals surface area (Å²) in [6.45, 7) is 3.58. The summed E-state index contributed by atoms with van der Waals surface area (Å²) in [6.07, 6.45) is -0.213. The predicted molar refractivity (Wildman–Crippen MR) is 157 cm³/mol. The third-order valence-corrected chi connectivity index (χ3v) is 7.93. The van der Waals surface area contributed by atoms with Crippen molar-refractivity contribution in [2.45, 2.75) is 51.0 Å². The van der Waals surface area contributed by atoms with E-state index in [0.717, 1.165) is 0 Å². The van der Waals surface area contributed by atoms with Crippen LogP contribution in [0.3, 0.4) is 0 Å². The van der Waals surface area contributed by atoms with Gasteiger partial charge in [0.2, 0.25) is 5.91 Å². The highest BCUT2D eigenvalue weighted by Crippen LogP contribution is 2.51. The van der Waals surface area contributed by atoms with Crippen molar-refractivity contribution in [2.24, 2.45) is 5.92 Å². The number of nitrogens with one attached hydrogen (secondary N) is 1. The molecule has 11 nitrogen and oxygen atoms in total. The quantitative estimate of drug-likeness (QED) is 0.259. The topological polar surface area (TPSA) is 159 Å². The Morgan fingerprint density at radius 2 is 1.91 bits per heavy atom. The molecule has 0 fully saturated rings. The smallest absolute Gasteiger partial charge is 0.349 e. The molecule has 4 N–H and O–H groups in total. The molecule has 0 spiro atoms. The van der Waals surface area contributed by atoms with E-state index in [-0.39, 0.29) is 43.4 Å². The van der Waals surface area contributed by atoms with E-state index in [1.165, 1.54) is 24.2 Å². The average Bonchev–Trinajstić information content (AvgIpc) is 3.39. The number of carbonyl (C=O) groups excluding carboxylic acids is 2. The van der Waals surface area contributed by atoms with E-state index in [1.807, 2.05) is 13.8 Å². The number of ether oxygens (including phenoxy) is 2. The number of methoxy groups -OCH3 is 1. The standard InChI is InChI=1S/C32H36N2O9/c1-17(2)8-10-34(31(39)22-14-19-6-4-5-7-24(19)42-32(22)40)23-15-21(30(38)33-9-11-35)26-20-12-18(16-36)13-25(41-3)28(20)43-29(26)27(23)37/h4-7,12-15,17,23,26-27,29,35-37H,8-11,16H2,1-3H3,(H,33,38). The molecule has 11 heteroatoms.